The lowest BCUT2D eigenvalue weighted by Gasteiger charge is -2.22. The minimum absolute atomic E-state index is 0.0389. The number of anilines is 1. The molecule has 1 aliphatic rings. The van der Waals surface area contributed by atoms with Crippen LogP contribution in [-0.4, -0.2) is 36.3 Å². The first-order valence-electron chi connectivity index (χ1n) is 7.67. The molecule has 1 aliphatic heterocycles. The second-order valence-electron chi connectivity index (χ2n) is 5.84. The number of sulfonamides is 1. The number of phenolic OH excluding ortho intramolecular Hbond substituents is 1. The molecule has 134 valence electrons. The Kier molecular flexibility index (Phi) is 5.19. The molecular formula is C16H17BrN2O4S2. The zero-order chi connectivity index (χ0) is 18.2. The van der Waals surface area contributed by atoms with Gasteiger partial charge in [0.2, 0.25) is 5.91 Å². The van der Waals surface area contributed by atoms with E-state index >= 15 is 0 Å². The van der Waals surface area contributed by atoms with Crippen LogP contribution in [0.2, 0.25) is 0 Å². The Balaban J connectivity index is 1.82. The maximum atomic E-state index is 12.8. The van der Waals surface area contributed by atoms with E-state index in [0.29, 0.717) is 19.4 Å². The Hall–Kier alpha value is -1.42. The number of benzene rings is 1. The van der Waals surface area contributed by atoms with E-state index in [4.69, 9.17) is 0 Å². The predicted octanol–water partition coefficient (Wildman–Crippen LogP) is 3.32. The number of aryl methyl sites for hydroxylation is 1. The zero-order valence-corrected chi connectivity index (χ0v) is 16.6. The minimum Gasteiger partial charge on any atom is -0.506 e. The van der Waals surface area contributed by atoms with Gasteiger partial charge in [0.1, 0.15) is 16.0 Å². The number of carbonyl (C=O) groups excluding carboxylic acids is 1. The Bertz CT molecular complexity index is 911. The molecular weight excluding hydrogens is 428 g/mol. The lowest BCUT2D eigenvalue weighted by molar-refractivity contribution is -0.119. The van der Waals surface area contributed by atoms with Crippen LogP contribution in [0.15, 0.2) is 38.3 Å². The van der Waals surface area contributed by atoms with Gasteiger partial charge in [0.05, 0.1) is 9.47 Å². The van der Waals surface area contributed by atoms with Crippen LogP contribution < -0.4 is 5.32 Å². The van der Waals surface area contributed by atoms with E-state index < -0.39 is 22.0 Å². The minimum atomic E-state index is -3.72. The molecule has 2 N–H and O–H groups in total. The van der Waals surface area contributed by atoms with Crippen molar-refractivity contribution >= 4 is 48.9 Å². The van der Waals surface area contributed by atoms with Crippen LogP contribution in [0.25, 0.3) is 0 Å². The molecule has 0 spiro atoms. The van der Waals surface area contributed by atoms with Gasteiger partial charge in [0, 0.05) is 6.54 Å². The van der Waals surface area contributed by atoms with E-state index in [9.17, 15) is 18.3 Å². The number of thiophene rings is 1. The normalized spacial score (nSPS) is 18.4. The maximum absolute atomic E-state index is 12.8. The van der Waals surface area contributed by atoms with Crippen molar-refractivity contribution in [3.63, 3.8) is 0 Å². The van der Waals surface area contributed by atoms with Gasteiger partial charge in [-0.2, -0.15) is 4.31 Å². The molecule has 1 fully saturated rings. The third-order valence-electron chi connectivity index (χ3n) is 4.03. The maximum Gasteiger partial charge on any atom is 0.253 e. The first-order chi connectivity index (χ1) is 11.8. The number of halogens is 1. The van der Waals surface area contributed by atoms with Crippen LogP contribution in [0, 0.1) is 6.92 Å². The fraction of sp³-hybridized carbons (Fsp3) is 0.312. The highest BCUT2D eigenvalue weighted by Crippen LogP contribution is 2.33. The van der Waals surface area contributed by atoms with Crippen molar-refractivity contribution in [2.45, 2.75) is 30.0 Å². The lowest BCUT2D eigenvalue weighted by Crippen LogP contribution is -2.42. The molecule has 1 atom stereocenters. The predicted molar refractivity (Wildman–Crippen MR) is 100 cm³/mol. The number of rotatable bonds is 4. The molecule has 3 rings (SSSR count). The topological polar surface area (TPSA) is 86.7 Å². The first kappa shape index (κ1) is 18.4. The van der Waals surface area contributed by atoms with Crippen LogP contribution >= 0.6 is 27.3 Å². The summed E-state index contributed by atoms with van der Waals surface area (Å²) < 4.78 is 27.8. The molecule has 0 bridgehead atoms. The van der Waals surface area contributed by atoms with Crippen LogP contribution in [0.4, 0.5) is 5.69 Å². The number of carbonyl (C=O) groups is 1. The Labute approximate surface area is 158 Å². The fourth-order valence-corrected chi connectivity index (χ4v) is 6.60. The van der Waals surface area contributed by atoms with Crippen molar-refractivity contribution in [2.24, 2.45) is 0 Å². The summed E-state index contributed by atoms with van der Waals surface area (Å²) in [7, 11) is -3.72. The molecule has 1 aromatic carbocycles. The molecule has 6 nitrogen and oxygen atoms in total. The summed E-state index contributed by atoms with van der Waals surface area (Å²) in [6.07, 6.45) is 1.06. The highest BCUT2D eigenvalue weighted by Gasteiger charge is 2.40. The Morgan fingerprint density at radius 1 is 1.36 bits per heavy atom. The van der Waals surface area contributed by atoms with Crippen molar-refractivity contribution in [3.05, 3.63) is 39.7 Å². The molecule has 2 heterocycles. The number of phenols is 1. The largest absolute Gasteiger partial charge is 0.506 e. The summed E-state index contributed by atoms with van der Waals surface area (Å²) in [5, 5.41) is 12.6. The summed E-state index contributed by atoms with van der Waals surface area (Å²) in [6, 6.07) is 7.33. The van der Waals surface area contributed by atoms with Crippen molar-refractivity contribution in [2.75, 3.05) is 11.9 Å². The highest BCUT2D eigenvalue weighted by molar-refractivity contribution is 9.11. The average molecular weight is 445 g/mol. The summed E-state index contributed by atoms with van der Waals surface area (Å²) in [4.78, 5) is 12.6. The quantitative estimate of drug-likeness (QED) is 0.707. The van der Waals surface area contributed by atoms with Crippen molar-refractivity contribution < 1.29 is 18.3 Å². The standard InChI is InChI=1S/C16H17BrN2O4S2/c1-10-4-5-11(13(20)9-10)18-16(21)12-3-2-8-19(12)25(22,23)15-7-6-14(17)24-15/h4-7,9,12,20H,2-3,8H2,1H3,(H,18,21). The van der Waals surface area contributed by atoms with Gasteiger partial charge in [-0.1, -0.05) is 6.07 Å². The second-order valence-corrected chi connectivity index (χ2v) is 10.4. The monoisotopic (exact) mass is 444 g/mol. The van der Waals surface area contributed by atoms with Gasteiger partial charge >= 0.3 is 0 Å². The zero-order valence-electron chi connectivity index (χ0n) is 13.4. The number of nitrogens with zero attached hydrogens (tertiary/aromatic N) is 1. The Morgan fingerprint density at radius 2 is 2.12 bits per heavy atom. The van der Waals surface area contributed by atoms with E-state index in [1.165, 1.54) is 10.4 Å². The molecule has 0 radical (unpaired) electrons. The third kappa shape index (κ3) is 3.74. The lowest BCUT2D eigenvalue weighted by atomic mass is 10.2. The molecule has 1 unspecified atom stereocenters. The number of hydrogen-bond acceptors (Lipinski definition) is 5. The SMILES string of the molecule is Cc1ccc(NC(=O)C2CCCN2S(=O)(=O)c2ccc(Br)s2)c(O)c1. The summed E-state index contributed by atoms with van der Waals surface area (Å²) in [5.41, 5.74) is 1.14. The van der Waals surface area contributed by atoms with Gasteiger partial charge in [0.25, 0.3) is 10.0 Å². The molecule has 0 saturated carbocycles. The number of nitrogens with one attached hydrogen (secondary N) is 1. The van der Waals surface area contributed by atoms with Gasteiger partial charge in [-0.25, -0.2) is 8.42 Å². The van der Waals surface area contributed by atoms with E-state index in [1.54, 1.807) is 24.3 Å². The van der Waals surface area contributed by atoms with E-state index in [0.717, 1.165) is 20.7 Å². The van der Waals surface area contributed by atoms with Crippen molar-refractivity contribution in [1.82, 2.24) is 4.31 Å². The summed E-state index contributed by atoms with van der Waals surface area (Å²) in [5.74, 6) is -0.473. The molecule has 0 aliphatic carbocycles. The number of amides is 1. The molecule has 2 aromatic rings. The van der Waals surface area contributed by atoms with Gasteiger partial charge in [0.15, 0.2) is 0 Å². The van der Waals surface area contributed by atoms with Gasteiger partial charge in [-0.05, 0) is 65.5 Å². The molecule has 9 heteroatoms. The van der Waals surface area contributed by atoms with Crippen molar-refractivity contribution in [1.29, 1.82) is 0 Å². The molecule has 25 heavy (non-hydrogen) atoms. The van der Waals surface area contributed by atoms with Crippen LogP contribution in [-0.2, 0) is 14.8 Å². The molecule has 1 saturated heterocycles. The van der Waals surface area contributed by atoms with E-state index in [-0.39, 0.29) is 15.6 Å². The average Bonchev–Trinajstić information content (AvgIpc) is 3.19. The highest BCUT2D eigenvalue weighted by atomic mass is 79.9. The third-order valence-corrected chi connectivity index (χ3v) is 8.03. The van der Waals surface area contributed by atoms with Gasteiger partial charge in [-0.3, -0.25) is 4.79 Å². The van der Waals surface area contributed by atoms with Crippen LogP contribution in [0.3, 0.4) is 0 Å². The van der Waals surface area contributed by atoms with Crippen LogP contribution in [0.1, 0.15) is 18.4 Å². The molecule has 1 amide bonds. The smallest absolute Gasteiger partial charge is 0.253 e. The van der Waals surface area contributed by atoms with Gasteiger partial charge in [-0.15, -0.1) is 11.3 Å². The van der Waals surface area contributed by atoms with E-state index in [2.05, 4.69) is 21.2 Å². The Morgan fingerprint density at radius 3 is 2.76 bits per heavy atom. The number of aromatic hydroxyl groups is 1. The van der Waals surface area contributed by atoms with Crippen LogP contribution in [0.5, 0.6) is 5.75 Å². The second kappa shape index (κ2) is 7.06. The van der Waals surface area contributed by atoms with E-state index in [1.807, 2.05) is 6.92 Å². The fourth-order valence-electron chi connectivity index (χ4n) is 2.81. The number of hydrogen-bond donors (Lipinski definition) is 2. The first-order valence-corrected chi connectivity index (χ1v) is 10.7. The van der Waals surface area contributed by atoms with Crippen molar-refractivity contribution in [3.8, 4) is 5.75 Å². The summed E-state index contributed by atoms with van der Waals surface area (Å²) in [6.45, 7) is 2.13. The molecule has 1 aromatic heterocycles. The van der Waals surface area contributed by atoms with Gasteiger partial charge < -0.3 is 10.4 Å². The summed E-state index contributed by atoms with van der Waals surface area (Å²) >= 11 is 4.38.